The maximum atomic E-state index is 14.5. The molecule has 0 atom stereocenters. The van der Waals surface area contributed by atoms with E-state index in [-0.39, 0.29) is 5.43 Å². The first-order valence-electron chi connectivity index (χ1n) is 10.8. The lowest BCUT2D eigenvalue weighted by atomic mass is 10.0. The summed E-state index contributed by atoms with van der Waals surface area (Å²) in [5.74, 6) is -0.816. The van der Waals surface area contributed by atoms with Gasteiger partial charge in [0.15, 0.2) is 5.43 Å². The Morgan fingerprint density at radius 1 is 0.676 bits per heavy atom. The summed E-state index contributed by atoms with van der Waals surface area (Å²) in [6, 6.07) is 23.8. The highest BCUT2D eigenvalue weighted by Gasteiger charge is 2.31. The number of benzene rings is 4. The second kappa shape index (κ2) is 7.56. The molecule has 0 radical (unpaired) electrons. The number of para-hydroxylation sites is 1. The Labute approximate surface area is 193 Å². The fourth-order valence-electron chi connectivity index (χ4n) is 4.48. The van der Waals surface area contributed by atoms with Crippen LogP contribution in [0.4, 0.5) is 42.9 Å². The van der Waals surface area contributed by atoms with Crippen LogP contribution >= 0.6 is 0 Å². The lowest BCUT2D eigenvalue weighted by Crippen LogP contribution is -2.24. The van der Waals surface area contributed by atoms with Crippen molar-refractivity contribution in [3.05, 3.63) is 119 Å². The number of rotatable bonds is 2. The Hall–Kier alpha value is -4.45. The quantitative estimate of drug-likeness (QED) is 0.271. The molecular formula is C28H18F2N2O2. The van der Waals surface area contributed by atoms with E-state index in [1.807, 2.05) is 46.2 Å². The van der Waals surface area contributed by atoms with E-state index in [1.54, 1.807) is 31.2 Å². The highest BCUT2D eigenvalue weighted by atomic mass is 19.1. The van der Waals surface area contributed by atoms with Gasteiger partial charge in [-0.3, -0.25) is 4.79 Å². The summed E-state index contributed by atoms with van der Waals surface area (Å²) in [6.07, 6.45) is 1.44. The van der Waals surface area contributed by atoms with Crippen LogP contribution in [0.3, 0.4) is 0 Å². The van der Waals surface area contributed by atoms with Crippen molar-refractivity contribution in [1.29, 1.82) is 0 Å². The van der Waals surface area contributed by atoms with Crippen molar-refractivity contribution in [2.45, 2.75) is 6.92 Å². The van der Waals surface area contributed by atoms with E-state index in [4.69, 9.17) is 4.42 Å². The van der Waals surface area contributed by atoms with E-state index in [0.29, 0.717) is 45.0 Å². The fraction of sp³-hybridized carbons (Fsp3) is 0.0357. The molecule has 0 aliphatic carbocycles. The molecule has 4 aromatic carbocycles. The molecule has 1 aliphatic rings. The van der Waals surface area contributed by atoms with E-state index in [2.05, 4.69) is 0 Å². The zero-order valence-corrected chi connectivity index (χ0v) is 18.1. The van der Waals surface area contributed by atoms with Gasteiger partial charge in [0.1, 0.15) is 17.2 Å². The van der Waals surface area contributed by atoms with Crippen LogP contribution in [0.2, 0.25) is 0 Å². The number of hydrogen-bond donors (Lipinski definition) is 0. The number of aryl methyl sites for hydroxylation is 1. The smallest absolute Gasteiger partial charge is 0.195 e. The first-order valence-corrected chi connectivity index (χ1v) is 10.8. The van der Waals surface area contributed by atoms with Crippen LogP contribution in [-0.2, 0) is 0 Å². The second-order valence-corrected chi connectivity index (χ2v) is 8.20. The normalized spacial score (nSPS) is 12.6. The Balaban J connectivity index is 1.66. The number of nitrogens with zero attached hydrogens (tertiary/aromatic N) is 2. The van der Waals surface area contributed by atoms with Gasteiger partial charge < -0.3 is 14.2 Å². The minimum Gasteiger partial charge on any atom is -0.464 e. The molecule has 34 heavy (non-hydrogen) atoms. The summed E-state index contributed by atoms with van der Waals surface area (Å²) in [5.41, 5.74) is 4.81. The summed E-state index contributed by atoms with van der Waals surface area (Å²) in [4.78, 5) is 16.5. The van der Waals surface area contributed by atoms with Crippen molar-refractivity contribution in [1.82, 2.24) is 0 Å². The molecule has 0 bridgehead atoms. The molecule has 0 N–H and O–H groups in total. The largest absolute Gasteiger partial charge is 0.464 e. The lowest BCUT2D eigenvalue weighted by molar-refractivity contribution is 0.597. The van der Waals surface area contributed by atoms with Crippen molar-refractivity contribution in [3.8, 4) is 0 Å². The lowest BCUT2D eigenvalue weighted by Gasteiger charge is -2.40. The zero-order chi connectivity index (χ0) is 23.4. The Kier molecular flexibility index (Phi) is 4.48. The van der Waals surface area contributed by atoms with Crippen LogP contribution < -0.4 is 15.2 Å². The summed E-state index contributed by atoms with van der Waals surface area (Å²) in [7, 11) is 0. The molecule has 5 aromatic rings. The summed E-state index contributed by atoms with van der Waals surface area (Å²) in [6.45, 7) is 1.70. The molecule has 0 amide bonds. The Bertz CT molecular complexity index is 1580. The van der Waals surface area contributed by atoms with Crippen LogP contribution in [-0.4, -0.2) is 0 Å². The van der Waals surface area contributed by atoms with Gasteiger partial charge in [0.05, 0.1) is 34.4 Å². The van der Waals surface area contributed by atoms with Gasteiger partial charge >= 0.3 is 0 Å². The fourth-order valence-corrected chi connectivity index (χ4v) is 4.48. The minimum absolute atomic E-state index is 0.121. The molecule has 0 saturated carbocycles. The predicted octanol–water partition coefficient (Wildman–Crippen LogP) is 7.63. The maximum Gasteiger partial charge on any atom is 0.195 e. The number of anilines is 6. The highest BCUT2D eigenvalue weighted by Crippen LogP contribution is 2.54. The van der Waals surface area contributed by atoms with Gasteiger partial charge in [0.2, 0.25) is 0 Å². The molecule has 2 heterocycles. The third-order valence-corrected chi connectivity index (χ3v) is 6.04. The first-order chi connectivity index (χ1) is 16.5. The van der Waals surface area contributed by atoms with Gasteiger partial charge in [-0.15, -0.1) is 0 Å². The van der Waals surface area contributed by atoms with Crippen molar-refractivity contribution < 1.29 is 13.2 Å². The molecule has 4 nitrogen and oxygen atoms in total. The van der Waals surface area contributed by atoms with E-state index in [0.717, 1.165) is 5.69 Å². The molecule has 0 saturated heterocycles. The topological polar surface area (TPSA) is 36.7 Å². The highest BCUT2D eigenvalue weighted by molar-refractivity contribution is 6.02. The van der Waals surface area contributed by atoms with Gasteiger partial charge in [-0.25, -0.2) is 8.78 Å². The van der Waals surface area contributed by atoms with E-state index in [9.17, 15) is 13.6 Å². The molecule has 6 rings (SSSR count). The molecule has 0 fully saturated rings. The molecular weight excluding hydrogens is 434 g/mol. The maximum absolute atomic E-state index is 14.5. The second-order valence-electron chi connectivity index (χ2n) is 8.20. The molecule has 1 aliphatic heterocycles. The van der Waals surface area contributed by atoms with Crippen LogP contribution in [0, 0.1) is 18.6 Å². The van der Waals surface area contributed by atoms with Crippen LogP contribution in [0.25, 0.3) is 11.0 Å². The van der Waals surface area contributed by atoms with Crippen LogP contribution in [0.1, 0.15) is 5.56 Å². The van der Waals surface area contributed by atoms with E-state index < -0.39 is 11.6 Å². The summed E-state index contributed by atoms with van der Waals surface area (Å²) < 4.78 is 34.6. The molecule has 0 unspecified atom stereocenters. The Morgan fingerprint density at radius 3 is 1.94 bits per heavy atom. The zero-order valence-electron chi connectivity index (χ0n) is 18.1. The number of fused-ring (bicyclic) bond motifs is 3. The van der Waals surface area contributed by atoms with Crippen LogP contribution in [0.5, 0.6) is 0 Å². The first kappa shape index (κ1) is 20.2. The minimum atomic E-state index is -0.408. The monoisotopic (exact) mass is 452 g/mol. The molecule has 1 aromatic heterocycles. The summed E-state index contributed by atoms with van der Waals surface area (Å²) in [5, 5.41) is 0.440. The van der Waals surface area contributed by atoms with Crippen molar-refractivity contribution in [2.24, 2.45) is 0 Å². The number of hydrogen-bond acceptors (Lipinski definition) is 4. The standard InChI is InChI=1S/C28H18F2N2O2/c1-17-16-34-27-12-9-21(15-22(27)28(17)33)32-23-10-7-18(29)13-25(23)31(20-5-3-2-4-6-20)26-14-19(30)8-11-24(26)32/h2-16H,1H3. The third kappa shape index (κ3) is 3.07. The Morgan fingerprint density at radius 2 is 1.29 bits per heavy atom. The van der Waals surface area contributed by atoms with Crippen LogP contribution in [0.15, 0.2) is 100 Å². The third-order valence-electron chi connectivity index (χ3n) is 6.04. The van der Waals surface area contributed by atoms with Gasteiger partial charge in [0, 0.05) is 29.1 Å². The molecule has 6 heteroatoms. The van der Waals surface area contributed by atoms with Gasteiger partial charge in [-0.05, 0) is 61.5 Å². The van der Waals surface area contributed by atoms with E-state index in [1.165, 1.54) is 30.5 Å². The van der Waals surface area contributed by atoms with Crippen molar-refractivity contribution in [3.63, 3.8) is 0 Å². The molecule has 166 valence electrons. The molecule has 0 spiro atoms. The van der Waals surface area contributed by atoms with E-state index >= 15 is 0 Å². The van der Waals surface area contributed by atoms with Crippen molar-refractivity contribution in [2.75, 3.05) is 9.80 Å². The van der Waals surface area contributed by atoms with Crippen molar-refractivity contribution >= 4 is 45.1 Å². The number of halogens is 2. The van der Waals surface area contributed by atoms with Gasteiger partial charge in [0.25, 0.3) is 0 Å². The predicted molar refractivity (Wildman–Crippen MR) is 130 cm³/mol. The van der Waals surface area contributed by atoms with Gasteiger partial charge in [-0.2, -0.15) is 0 Å². The average molecular weight is 452 g/mol. The summed E-state index contributed by atoms with van der Waals surface area (Å²) >= 11 is 0. The average Bonchev–Trinajstić information content (AvgIpc) is 2.85. The SMILES string of the molecule is Cc1coc2ccc(N3c4ccc(F)cc4N(c4ccccc4)c4cc(F)ccc43)cc2c1=O. The van der Waals surface area contributed by atoms with Gasteiger partial charge in [-0.1, -0.05) is 18.2 Å².